The first-order chi connectivity index (χ1) is 24.3. The zero-order valence-corrected chi connectivity index (χ0v) is 30.7. The number of hydrogen-bond donors (Lipinski definition) is 0. The number of ether oxygens (including phenoxy) is 13. The van der Waals surface area contributed by atoms with Gasteiger partial charge in [-0.2, -0.15) is 0 Å². The molecule has 0 saturated carbocycles. The van der Waals surface area contributed by atoms with Crippen molar-refractivity contribution in [3.05, 3.63) is 71.8 Å². The smallest absolute Gasteiger partial charge is 0.220 e. The van der Waals surface area contributed by atoms with Gasteiger partial charge in [-0.3, -0.25) is 0 Å². The van der Waals surface area contributed by atoms with Crippen LogP contribution in [0.3, 0.4) is 0 Å². The first-order valence-electron chi connectivity index (χ1n) is 17.7. The lowest BCUT2D eigenvalue weighted by molar-refractivity contribution is -0.482. The topological polar surface area (TPSA) is 120 Å². The van der Waals surface area contributed by atoms with Gasteiger partial charge in [0.25, 0.3) is 0 Å². The van der Waals surface area contributed by atoms with E-state index in [1.54, 1.807) is 28.1 Å². The Kier molecular flexibility index (Phi) is 10.7. The molecular weight excluding hydrogens is 664 g/mol. The van der Waals surface area contributed by atoms with Crippen LogP contribution in [0.15, 0.2) is 60.7 Å². The average Bonchev–Trinajstić information content (AvgIpc) is 3.61. The Bertz CT molecular complexity index is 1440. The van der Waals surface area contributed by atoms with Crippen LogP contribution >= 0.6 is 0 Å². The predicted octanol–water partition coefficient (Wildman–Crippen LogP) is 4.44. The van der Waals surface area contributed by atoms with Crippen molar-refractivity contribution < 1.29 is 61.6 Å². The second-order valence-electron chi connectivity index (χ2n) is 14.8. The van der Waals surface area contributed by atoms with Crippen molar-refractivity contribution in [3.8, 4) is 0 Å². The summed E-state index contributed by atoms with van der Waals surface area (Å²) < 4.78 is 83.0. The van der Waals surface area contributed by atoms with E-state index in [1.807, 2.05) is 88.4 Å². The molecule has 5 heterocycles. The van der Waals surface area contributed by atoms with Crippen LogP contribution in [0, 0.1) is 0 Å². The quantitative estimate of drug-likeness (QED) is 0.308. The molecule has 0 N–H and O–H groups in total. The normalized spacial score (nSPS) is 41.1. The maximum atomic E-state index is 6.80. The third-order valence-corrected chi connectivity index (χ3v) is 10.3. The van der Waals surface area contributed by atoms with Gasteiger partial charge in [-0.1, -0.05) is 60.7 Å². The van der Waals surface area contributed by atoms with E-state index in [1.165, 1.54) is 0 Å². The van der Waals surface area contributed by atoms with Crippen molar-refractivity contribution in [3.63, 3.8) is 0 Å². The monoisotopic (exact) mass is 716 g/mol. The molecule has 0 spiro atoms. The predicted molar refractivity (Wildman–Crippen MR) is 179 cm³/mol. The molecule has 51 heavy (non-hydrogen) atoms. The molecular formula is C38H52O13. The van der Waals surface area contributed by atoms with Crippen LogP contribution in [0.5, 0.6) is 0 Å². The SMILES string of the molecule is CO[C@@]1(C)O[C@@H]2[C@H](OCc3ccccc3)[C@@H](OC[C@H]3O[C@@H]4OC(C)(C)O[C@@H]4[C@H]4OC(C)(C)O[C@H]43)O[C@H](COCc3ccccc3)[C@H]2O[C@]1(C)OC. The molecule has 0 bridgehead atoms. The maximum Gasteiger partial charge on any atom is 0.220 e. The minimum absolute atomic E-state index is 0.0661. The molecule has 0 aromatic heterocycles. The van der Waals surface area contributed by atoms with E-state index < -0.39 is 84.6 Å². The fraction of sp³-hybridized carbons (Fsp3) is 0.684. The minimum atomic E-state index is -1.31. The lowest BCUT2D eigenvalue weighted by Crippen LogP contribution is -2.73. The van der Waals surface area contributed by atoms with Crippen molar-refractivity contribution in [1.29, 1.82) is 0 Å². The van der Waals surface area contributed by atoms with Gasteiger partial charge in [0.05, 0.1) is 26.4 Å². The molecule has 0 unspecified atom stereocenters. The van der Waals surface area contributed by atoms with Crippen LogP contribution in [0.2, 0.25) is 0 Å². The van der Waals surface area contributed by atoms with Gasteiger partial charge in [0, 0.05) is 14.2 Å². The average molecular weight is 717 g/mol. The largest absolute Gasteiger partial charge is 0.374 e. The highest BCUT2D eigenvalue weighted by Gasteiger charge is 2.64. The van der Waals surface area contributed by atoms with Crippen molar-refractivity contribution in [2.75, 3.05) is 27.4 Å². The van der Waals surface area contributed by atoms with Gasteiger partial charge in [0.15, 0.2) is 24.2 Å². The van der Waals surface area contributed by atoms with E-state index in [0.717, 1.165) is 11.1 Å². The number of benzene rings is 2. The molecule has 2 aromatic carbocycles. The van der Waals surface area contributed by atoms with Crippen LogP contribution in [-0.4, -0.2) is 112 Å². The summed E-state index contributed by atoms with van der Waals surface area (Å²) >= 11 is 0. The van der Waals surface area contributed by atoms with Gasteiger partial charge in [-0.25, -0.2) is 0 Å². The highest BCUT2D eigenvalue weighted by molar-refractivity contribution is 5.14. The Balaban J connectivity index is 1.16. The van der Waals surface area contributed by atoms with Gasteiger partial charge < -0.3 is 61.6 Å². The molecule has 5 aliphatic heterocycles. The Morgan fingerprint density at radius 3 is 1.71 bits per heavy atom. The lowest BCUT2D eigenvalue weighted by Gasteiger charge is -2.57. The fourth-order valence-electron chi connectivity index (χ4n) is 7.45. The summed E-state index contributed by atoms with van der Waals surface area (Å²) in [5.74, 6) is -4.30. The van der Waals surface area contributed by atoms with Crippen LogP contribution in [0.4, 0.5) is 0 Å². The summed E-state index contributed by atoms with van der Waals surface area (Å²) in [5.41, 5.74) is 2.00. The second kappa shape index (κ2) is 14.6. The minimum Gasteiger partial charge on any atom is -0.374 e. The first-order valence-corrected chi connectivity index (χ1v) is 17.7. The van der Waals surface area contributed by atoms with Crippen molar-refractivity contribution in [2.45, 2.75) is 139 Å². The molecule has 282 valence electrons. The zero-order valence-electron chi connectivity index (χ0n) is 30.7. The number of fused-ring (bicyclic) bond motifs is 4. The van der Waals surface area contributed by atoms with E-state index >= 15 is 0 Å². The second-order valence-corrected chi connectivity index (χ2v) is 14.8. The Labute approximate surface area is 299 Å². The highest BCUT2D eigenvalue weighted by atomic mass is 16.9. The summed E-state index contributed by atoms with van der Waals surface area (Å²) in [6.45, 7) is 11.9. The Morgan fingerprint density at radius 2 is 1.06 bits per heavy atom. The van der Waals surface area contributed by atoms with E-state index in [4.69, 9.17) is 61.6 Å². The third kappa shape index (κ3) is 7.65. The van der Waals surface area contributed by atoms with E-state index in [0.29, 0.717) is 6.61 Å². The summed E-state index contributed by atoms with van der Waals surface area (Å²) in [7, 11) is 3.11. The molecule has 0 amide bonds. The molecule has 5 fully saturated rings. The fourth-order valence-corrected chi connectivity index (χ4v) is 7.45. The van der Waals surface area contributed by atoms with E-state index in [-0.39, 0.29) is 19.8 Å². The van der Waals surface area contributed by atoms with Crippen LogP contribution in [0.1, 0.15) is 52.7 Å². The Morgan fingerprint density at radius 1 is 0.529 bits per heavy atom. The third-order valence-electron chi connectivity index (χ3n) is 10.3. The molecule has 0 radical (unpaired) electrons. The van der Waals surface area contributed by atoms with E-state index in [2.05, 4.69) is 0 Å². The molecule has 0 aliphatic carbocycles. The van der Waals surface area contributed by atoms with Gasteiger partial charge in [-0.05, 0) is 52.7 Å². The Hall–Kier alpha value is -2.08. The molecule has 5 saturated heterocycles. The van der Waals surface area contributed by atoms with Crippen LogP contribution in [-0.2, 0) is 74.8 Å². The van der Waals surface area contributed by atoms with Crippen molar-refractivity contribution >= 4 is 0 Å². The molecule has 13 heteroatoms. The van der Waals surface area contributed by atoms with Gasteiger partial charge in [0.2, 0.25) is 11.6 Å². The van der Waals surface area contributed by atoms with Gasteiger partial charge in [0.1, 0.15) is 48.8 Å². The van der Waals surface area contributed by atoms with Crippen molar-refractivity contribution in [1.82, 2.24) is 0 Å². The van der Waals surface area contributed by atoms with E-state index in [9.17, 15) is 0 Å². The number of rotatable bonds is 12. The van der Waals surface area contributed by atoms with Crippen LogP contribution in [0.25, 0.3) is 0 Å². The summed E-state index contributed by atoms with van der Waals surface area (Å²) in [4.78, 5) is 0. The van der Waals surface area contributed by atoms with Gasteiger partial charge >= 0.3 is 0 Å². The summed E-state index contributed by atoms with van der Waals surface area (Å²) in [6, 6.07) is 19.8. The highest BCUT2D eigenvalue weighted by Crippen LogP contribution is 2.46. The molecule has 2 aromatic rings. The molecule has 7 rings (SSSR count). The van der Waals surface area contributed by atoms with Crippen LogP contribution < -0.4 is 0 Å². The molecule has 12 atom stereocenters. The zero-order chi connectivity index (χ0) is 36.0. The lowest BCUT2D eigenvalue weighted by atomic mass is 9.93. The summed E-state index contributed by atoms with van der Waals surface area (Å²) in [5, 5.41) is 0. The standard InChI is InChI=1S/C38H52O13/c1-35(2)46-27-26(45-34-32(30(27)47-35)48-36(3,4)51-34)22-43-33-31(42-20-24-17-13-10-14-18-24)29-28(49-37(5,39-7)38(6,40-8)50-29)25(44-33)21-41-19-23-15-11-9-12-16-23/h9-18,25-34H,19-22H2,1-8H3/t25-,26-,27+,28-,29+,30+,31+,32-,33+,34-,37+,38+/m1/s1. The number of methoxy groups -OCH3 is 2. The number of hydrogen-bond acceptors (Lipinski definition) is 13. The molecule has 5 aliphatic rings. The first kappa shape index (κ1) is 37.2. The maximum absolute atomic E-state index is 6.80. The van der Waals surface area contributed by atoms with Gasteiger partial charge in [-0.15, -0.1) is 0 Å². The summed E-state index contributed by atoms with van der Waals surface area (Å²) in [6.07, 6.45) is -6.37. The molecule has 13 nitrogen and oxygen atoms in total. The van der Waals surface area contributed by atoms with Crippen molar-refractivity contribution in [2.24, 2.45) is 0 Å².